The molecule has 5 bridgehead atoms. The van der Waals surface area contributed by atoms with E-state index in [4.69, 9.17) is 37.9 Å². The van der Waals surface area contributed by atoms with Gasteiger partial charge in [0.25, 0.3) is 11.7 Å². The maximum atomic E-state index is 14.6. The Balaban J connectivity index is 1.67. The van der Waals surface area contributed by atoms with Crippen molar-refractivity contribution in [3.05, 3.63) is 52.8 Å². The van der Waals surface area contributed by atoms with Crippen molar-refractivity contribution >= 4 is 34.1 Å². The first-order chi connectivity index (χ1) is 31.3. The first kappa shape index (κ1) is 52.2. The lowest BCUT2D eigenvalue weighted by Crippen LogP contribution is -3.11. The van der Waals surface area contributed by atoms with Gasteiger partial charge in [-0.25, -0.2) is 0 Å². The van der Waals surface area contributed by atoms with Crippen LogP contribution in [0.25, 0.3) is 10.8 Å². The molecule has 6 N–H and O–H groups in total. The second-order valence-electron chi connectivity index (χ2n) is 17.5. The summed E-state index contributed by atoms with van der Waals surface area (Å²) in [4.78, 5) is 41.8. The minimum Gasteiger partial charge on any atom is -0.872 e. The number of carbonyl (C=O) groups is 3. The Morgan fingerprint density at radius 1 is 0.864 bits per heavy atom. The zero-order valence-electron chi connectivity index (χ0n) is 39.5. The number of fused-ring (bicyclic) bond motifs is 14. The number of amides is 1. The van der Waals surface area contributed by atoms with Gasteiger partial charge in [0.15, 0.2) is 0 Å². The first-order valence-corrected chi connectivity index (χ1v) is 22.5. The molecule has 0 aromatic heterocycles. The van der Waals surface area contributed by atoms with Crippen LogP contribution in [0, 0.1) is 30.6 Å². The van der Waals surface area contributed by atoms with Crippen molar-refractivity contribution in [2.24, 2.45) is 23.7 Å². The minimum absolute atomic E-state index is 0.0242. The molecule has 366 valence electrons. The van der Waals surface area contributed by atoms with Crippen LogP contribution in [0.2, 0.25) is 0 Å². The molecule has 66 heavy (non-hydrogen) atoms. The van der Waals surface area contributed by atoms with E-state index in [0.717, 1.165) is 4.90 Å². The lowest BCUT2D eigenvalue weighted by molar-refractivity contribution is -0.914. The summed E-state index contributed by atoms with van der Waals surface area (Å²) in [5.74, 6) is -8.83. The third kappa shape index (κ3) is 11.8. The van der Waals surface area contributed by atoms with Crippen molar-refractivity contribution in [2.45, 2.75) is 92.1 Å². The highest BCUT2D eigenvalue weighted by atomic mass is 16.7. The average Bonchev–Trinajstić information content (AvgIpc) is 3.54. The topological polar surface area (TPSA) is 245 Å². The van der Waals surface area contributed by atoms with Crippen molar-refractivity contribution in [3.63, 3.8) is 0 Å². The molecule has 4 heterocycles. The molecule has 1 amide bonds. The number of methoxy groups -OCH3 is 1. The molecule has 0 radical (unpaired) electrons. The van der Waals surface area contributed by atoms with Gasteiger partial charge in [-0.15, -0.1) is 0 Å². The molecule has 9 atom stereocenters. The van der Waals surface area contributed by atoms with Crippen LogP contribution < -0.4 is 20.1 Å². The number of allylic oxidation sites excluding steroid dienone is 2. The normalized spacial score (nSPS) is 30.9. The summed E-state index contributed by atoms with van der Waals surface area (Å²) in [5, 5.41) is 63.9. The van der Waals surface area contributed by atoms with Crippen molar-refractivity contribution < 1.29 is 82.7 Å². The van der Waals surface area contributed by atoms with E-state index in [9.17, 15) is 39.9 Å². The van der Waals surface area contributed by atoms with Gasteiger partial charge >= 0.3 is 11.8 Å². The SMILES string of the molecule is CO[C@H]1C=CO[C@@]2(C)Oc3c(C)c([O-])c4c(O)c(c(C[NH+]5CCOCCOCCOCCOCC5)c(O)c4c3C2=O)NC(=O)/C(C)=C\C=C/[C@H](C)[C@H](O)[C@H](C)[C@@H](O)[C@@H](C)[C@H](OC(C)=O)[C@@H]1C. The number of Topliss-reactive ketones (excluding diaryl/α,β-unsaturated/α-hetero) is 1. The number of rotatable bonds is 4. The number of phenols is 2. The number of quaternary nitrogens is 1. The van der Waals surface area contributed by atoms with Crippen molar-refractivity contribution in [3.8, 4) is 23.0 Å². The van der Waals surface area contributed by atoms with E-state index in [1.165, 1.54) is 53.2 Å². The maximum Gasteiger partial charge on any atom is 0.312 e. The molecule has 4 aliphatic heterocycles. The first-order valence-electron chi connectivity index (χ1n) is 22.5. The summed E-state index contributed by atoms with van der Waals surface area (Å²) in [6.45, 7) is 15.9. The van der Waals surface area contributed by atoms with E-state index in [2.05, 4.69) is 5.32 Å². The zero-order chi connectivity index (χ0) is 48.5. The van der Waals surface area contributed by atoms with Crippen LogP contribution in [0.4, 0.5) is 5.69 Å². The highest BCUT2D eigenvalue weighted by Crippen LogP contribution is 2.54. The van der Waals surface area contributed by atoms with Crippen LogP contribution in [-0.4, -0.2) is 141 Å². The molecule has 18 nitrogen and oxygen atoms in total. The molecule has 0 spiro atoms. The molecule has 18 heteroatoms. The van der Waals surface area contributed by atoms with Gasteiger partial charge in [0.1, 0.15) is 43.0 Å². The number of anilines is 1. The lowest BCUT2D eigenvalue weighted by Gasteiger charge is -2.38. The Hall–Kier alpha value is -4.79. The monoisotopic (exact) mass is 928 g/mol. The van der Waals surface area contributed by atoms with Gasteiger partial charge in [-0.3, -0.25) is 14.4 Å². The average molecular weight is 929 g/mol. The van der Waals surface area contributed by atoms with Crippen LogP contribution in [-0.2, 0) is 49.3 Å². The van der Waals surface area contributed by atoms with Gasteiger partial charge in [0.05, 0.1) is 94.2 Å². The van der Waals surface area contributed by atoms with Crippen LogP contribution in [0.15, 0.2) is 36.1 Å². The molecule has 2 aromatic rings. The molecule has 0 saturated carbocycles. The van der Waals surface area contributed by atoms with E-state index in [1.54, 1.807) is 39.8 Å². The quantitative estimate of drug-likeness (QED) is 0.147. The molecular weight excluding hydrogens is 861 g/mol. The minimum atomic E-state index is -2.09. The number of aliphatic hydroxyl groups excluding tert-OH is 2. The van der Waals surface area contributed by atoms with Gasteiger partial charge in [-0.2, -0.15) is 0 Å². The highest BCUT2D eigenvalue weighted by molar-refractivity contribution is 6.22. The molecule has 1 fully saturated rings. The lowest BCUT2D eigenvalue weighted by atomic mass is 9.78. The highest BCUT2D eigenvalue weighted by Gasteiger charge is 2.49. The number of nitrogens with one attached hydrogen (secondary N) is 2. The van der Waals surface area contributed by atoms with Crippen molar-refractivity contribution in [2.75, 3.05) is 78.4 Å². The van der Waals surface area contributed by atoms with Gasteiger partial charge in [0, 0.05) is 61.0 Å². The van der Waals surface area contributed by atoms with Gasteiger partial charge in [0.2, 0.25) is 0 Å². The predicted octanol–water partition coefficient (Wildman–Crippen LogP) is 2.59. The fraction of sp³-hybridized carbons (Fsp3) is 0.604. The number of carbonyl (C=O) groups excluding carboxylic acids is 3. The summed E-state index contributed by atoms with van der Waals surface area (Å²) in [5.41, 5.74) is -0.321. The fourth-order valence-corrected chi connectivity index (χ4v) is 8.69. The van der Waals surface area contributed by atoms with Crippen LogP contribution >= 0.6 is 0 Å². The largest absolute Gasteiger partial charge is 0.872 e. The number of ether oxygens (including phenoxy) is 8. The van der Waals surface area contributed by atoms with Gasteiger partial charge in [-0.05, 0) is 25.5 Å². The fourth-order valence-electron chi connectivity index (χ4n) is 8.69. The molecule has 0 aliphatic carbocycles. The Kier molecular flexibility index (Phi) is 18.4. The standard InChI is InChI=1S/C48H68N2O16/c1-26-11-10-12-27(2)47(58)49-38-33(25-50-14-17-60-19-21-62-23-24-63-22-20-61-18-15-50)42(55)35-36(43(38)56)41(54)31(6)45-37(35)46(57)48(8,66-45)64-16-13-34(59-9)28(3)44(65-32(7)51)30(5)40(53)29(4)39(26)52/h10-13,16,26,28-30,34,39-40,44,52-56H,14-15,17-25H2,1-9H3,(H,49,58)/b11-10-,16-13?,27-12-/t26-,28+,29-,30+,34-,39-,40+,44+,48-/m0/s1. The Morgan fingerprint density at radius 2 is 1.45 bits per heavy atom. The predicted molar refractivity (Wildman–Crippen MR) is 239 cm³/mol. The zero-order valence-corrected chi connectivity index (χ0v) is 39.5. The number of phenolic OH excluding ortho intramolecular Hbond substituents is 2. The Bertz CT molecular complexity index is 2120. The molecule has 4 aliphatic rings. The van der Waals surface area contributed by atoms with Crippen molar-refractivity contribution in [1.29, 1.82) is 0 Å². The van der Waals surface area contributed by atoms with Crippen LogP contribution in [0.3, 0.4) is 0 Å². The number of hydrogen-bond acceptors (Lipinski definition) is 16. The number of benzene rings is 2. The second kappa shape index (κ2) is 23.3. The second-order valence-corrected chi connectivity index (χ2v) is 17.5. The number of ketones is 1. The molecule has 2 aromatic carbocycles. The molecular formula is C48H68N2O16. The molecule has 6 rings (SSSR count). The van der Waals surface area contributed by atoms with Gasteiger partial charge < -0.3 is 73.6 Å². The molecule has 0 unspecified atom stereocenters. The number of hydrogen-bond donors (Lipinski definition) is 6. The number of esters is 1. The third-order valence-corrected chi connectivity index (χ3v) is 12.8. The van der Waals surface area contributed by atoms with E-state index in [1.807, 2.05) is 0 Å². The Labute approximate surface area is 386 Å². The summed E-state index contributed by atoms with van der Waals surface area (Å²) < 4.78 is 46.5. The summed E-state index contributed by atoms with van der Waals surface area (Å²) >= 11 is 0. The van der Waals surface area contributed by atoms with Gasteiger partial charge in [-0.1, -0.05) is 51.7 Å². The Morgan fingerprint density at radius 3 is 2.03 bits per heavy atom. The van der Waals surface area contributed by atoms with Crippen molar-refractivity contribution in [1.82, 2.24) is 0 Å². The van der Waals surface area contributed by atoms with E-state index in [-0.39, 0.29) is 58.8 Å². The van der Waals surface area contributed by atoms with Crippen LogP contribution in [0.1, 0.15) is 70.0 Å². The summed E-state index contributed by atoms with van der Waals surface area (Å²) in [6, 6.07) is 0. The smallest absolute Gasteiger partial charge is 0.312 e. The van der Waals surface area contributed by atoms with E-state index in [0.29, 0.717) is 52.7 Å². The number of aliphatic hydroxyl groups is 2. The number of aromatic hydroxyl groups is 2. The third-order valence-electron chi connectivity index (χ3n) is 12.8. The summed E-state index contributed by atoms with van der Waals surface area (Å²) in [7, 11) is 1.43. The van der Waals surface area contributed by atoms with E-state index >= 15 is 0 Å². The maximum absolute atomic E-state index is 14.6. The van der Waals surface area contributed by atoms with E-state index < -0.39 is 94.2 Å². The summed E-state index contributed by atoms with van der Waals surface area (Å²) in [6.07, 6.45) is 3.47. The molecule has 1 saturated heterocycles. The van der Waals surface area contributed by atoms with Crippen LogP contribution in [0.5, 0.6) is 23.0 Å².